The third-order valence-electron chi connectivity index (χ3n) is 3.43. The van der Waals surface area contributed by atoms with Gasteiger partial charge in [0.1, 0.15) is 0 Å². The van der Waals surface area contributed by atoms with Gasteiger partial charge in [0, 0.05) is 0 Å². The van der Waals surface area contributed by atoms with Gasteiger partial charge in [-0.05, 0) is 38.0 Å². The lowest BCUT2D eigenvalue weighted by molar-refractivity contribution is -0.146. The summed E-state index contributed by atoms with van der Waals surface area (Å²) in [4.78, 5) is 10.5. The molecular weight excluding hydrogens is 176 g/mol. The monoisotopic (exact) mass is 188 g/mol. The minimum atomic E-state index is -0.700. The van der Waals surface area contributed by atoms with E-state index >= 15 is 0 Å². The fourth-order valence-corrected chi connectivity index (χ4v) is 3.01. The summed E-state index contributed by atoms with van der Waals surface area (Å²) in [6.07, 6.45) is 4.87. The quantitative estimate of drug-likeness (QED) is 0.641. The maximum absolute atomic E-state index is 10.9. The average molecular weight is 189 g/mol. The van der Waals surface area contributed by atoms with Gasteiger partial charge in [0.05, 0.1) is 10.8 Å². The summed E-state index contributed by atoms with van der Waals surface area (Å²) in [6.45, 7) is 0. The minimum absolute atomic E-state index is 0.285. The van der Waals surface area contributed by atoms with Gasteiger partial charge in [0.2, 0.25) is 0 Å². The van der Waals surface area contributed by atoms with E-state index in [0.29, 0.717) is 5.92 Å². The highest BCUT2D eigenvalue weighted by Gasteiger charge is 2.49. The van der Waals surface area contributed by atoms with Crippen molar-refractivity contribution in [2.45, 2.75) is 37.0 Å². The second-order valence-corrected chi connectivity index (χ2v) is 4.86. The van der Waals surface area contributed by atoms with E-state index in [1.54, 1.807) is 0 Å². The molecule has 3 aliphatic carbocycles. The molecule has 0 saturated heterocycles. The fraction of sp³-hybridized carbons (Fsp3) is 0.889. The van der Waals surface area contributed by atoms with Crippen molar-refractivity contribution in [1.29, 1.82) is 0 Å². The highest BCUT2D eigenvalue weighted by atomic mass is 35.5. The Morgan fingerprint density at radius 1 is 1.42 bits per heavy atom. The number of carbonyl (C=O) groups is 1. The zero-order valence-electron chi connectivity index (χ0n) is 6.92. The Morgan fingerprint density at radius 3 is 2.33 bits per heavy atom. The number of hydrogen-bond acceptors (Lipinski definition) is 1. The van der Waals surface area contributed by atoms with Crippen molar-refractivity contribution < 1.29 is 9.90 Å². The number of rotatable bonds is 1. The zero-order chi connectivity index (χ0) is 8.77. The lowest BCUT2D eigenvalue weighted by atomic mass is 9.64. The van der Waals surface area contributed by atoms with Crippen LogP contribution in [0.3, 0.4) is 0 Å². The van der Waals surface area contributed by atoms with Crippen molar-refractivity contribution in [3.8, 4) is 0 Å². The summed E-state index contributed by atoms with van der Waals surface area (Å²) < 4.78 is 0. The molecule has 0 radical (unpaired) electrons. The van der Waals surface area contributed by atoms with Crippen LogP contribution in [0.1, 0.15) is 32.1 Å². The number of alkyl halides is 1. The van der Waals surface area contributed by atoms with Crippen LogP contribution in [0.2, 0.25) is 0 Å². The number of fused-ring (bicyclic) bond motifs is 3. The van der Waals surface area contributed by atoms with Crippen molar-refractivity contribution in [1.82, 2.24) is 0 Å². The molecule has 0 aliphatic heterocycles. The summed E-state index contributed by atoms with van der Waals surface area (Å²) in [5.41, 5.74) is 0. The summed E-state index contributed by atoms with van der Waals surface area (Å²) in [5.74, 6) is -0.354. The third kappa shape index (κ3) is 1.13. The van der Waals surface area contributed by atoms with Crippen molar-refractivity contribution in [2.24, 2.45) is 11.8 Å². The molecule has 3 heteroatoms. The lowest BCUT2D eigenvalue weighted by Gasteiger charge is -2.46. The van der Waals surface area contributed by atoms with Crippen LogP contribution in [-0.4, -0.2) is 16.0 Å². The van der Waals surface area contributed by atoms with Gasteiger partial charge in [-0.3, -0.25) is 4.79 Å². The molecule has 0 aromatic heterocycles. The van der Waals surface area contributed by atoms with Gasteiger partial charge in [-0.25, -0.2) is 0 Å². The summed E-state index contributed by atoms with van der Waals surface area (Å²) >= 11 is 6.28. The van der Waals surface area contributed by atoms with Gasteiger partial charge in [0.15, 0.2) is 0 Å². The number of carboxylic acids is 1. The topological polar surface area (TPSA) is 37.3 Å². The van der Waals surface area contributed by atoms with E-state index in [1.165, 1.54) is 0 Å². The molecule has 1 atom stereocenters. The van der Waals surface area contributed by atoms with Crippen molar-refractivity contribution >= 4 is 17.6 Å². The van der Waals surface area contributed by atoms with Crippen LogP contribution in [0.4, 0.5) is 0 Å². The first-order chi connectivity index (χ1) is 5.62. The predicted molar refractivity (Wildman–Crippen MR) is 46.3 cm³/mol. The Balaban J connectivity index is 2.20. The number of carboxylic acid groups (broad SMARTS) is 1. The summed E-state index contributed by atoms with van der Waals surface area (Å²) in [6, 6.07) is 0. The molecule has 0 aromatic carbocycles. The normalized spacial score (nSPS) is 46.1. The van der Waals surface area contributed by atoms with Gasteiger partial charge in [-0.1, -0.05) is 0 Å². The van der Waals surface area contributed by atoms with Crippen LogP contribution in [-0.2, 0) is 4.79 Å². The molecule has 0 aromatic rings. The maximum atomic E-state index is 10.9. The molecule has 2 nitrogen and oxygen atoms in total. The molecule has 12 heavy (non-hydrogen) atoms. The molecule has 1 unspecified atom stereocenters. The highest BCUT2D eigenvalue weighted by molar-refractivity contribution is 6.25. The SMILES string of the molecule is O=C(O)C1CC2CCC1(Cl)CC2. The predicted octanol–water partition coefficient (Wildman–Crippen LogP) is 2.26. The Labute approximate surface area is 76.9 Å². The zero-order valence-corrected chi connectivity index (χ0v) is 7.68. The van der Waals surface area contributed by atoms with E-state index < -0.39 is 10.8 Å². The average Bonchev–Trinajstić information content (AvgIpc) is 2.04. The van der Waals surface area contributed by atoms with Gasteiger partial charge < -0.3 is 5.11 Å². The van der Waals surface area contributed by atoms with E-state index in [-0.39, 0.29) is 5.92 Å². The molecule has 2 bridgehead atoms. The third-order valence-corrected chi connectivity index (χ3v) is 4.07. The summed E-state index contributed by atoms with van der Waals surface area (Å²) in [5, 5.41) is 8.94. The van der Waals surface area contributed by atoms with Crippen LogP contribution in [0.15, 0.2) is 0 Å². The van der Waals surface area contributed by atoms with E-state index in [0.717, 1.165) is 32.1 Å². The number of hydrogen-bond donors (Lipinski definition) is 1. The standard InChI is InChI=1S/C9H13ClO2/c10-9-3-1-6(2-4-9)5-7(9)8(11)12/h6-7H,1-5H2,(H,11,12). The van der Waals surface area contributed by atoms with Crippen LogP contribution >= 0.6 is 11.6 Å². The second-order valence-electron chi connectivity index (χ2n) is 4.10. The molecule has 3 fully saturated rings. The second kappa shape index (κ2) is 2.63. The molecule has 3 saturated carbocycles. The molecule has 68 valence electrons. The van der Waals surface area contributed by atoms with Gasteiger partial charge in [-0.2, -0.15) is 0 Å². The van der Waals surface area contributed by atoms with E-state index in [4.69, 9.17) is 16.7 Å². The summed E-state index contributed by atoms with van der Waals surface area (Å²) in [7, 11) is 0. The van der Waals surface area contributed by atoms with Crippen molar-refractivity contribution in [3.63, 3.8) is 0 Å². The Bertz CT molecular complexity index is 207. The first-order valence-corrected chi connectivity index (χ1v) is 4.91. The van der Waals surface area contributed by atoms with Crippen LogP contribution in [0.25, 0.3) is 0 Å². The van der Waals surface area contributed by atoms with Crippen LogP contribution in [0.5, 0.6) is 0 Å². The first kappa shape index (κ1) is 8.36. The molecule has 0 heterocycles. The van der Waals surface area contributed by atoms with Gasteiger partial charge in [-0.15, -0.1) is 11.6 Å². The molecule has 0 spiro atoms. The Morgan fingerprint density at radius 2 is 2.00 bits per heavy atom. The van der Waals surface area contributed by atoms with E-state index in [1.807, 2.05) is 0 Å². The largest absolute Gasteiger partial charge is 0.481 e. The highest BCUT2D eigenvalue weighted by Crippen LogP contribution is 2.51. The van der Waals surface area contributed by atoms with Crippen LogP contribution in [0, 0.1) is 11.8 Å². The molecular formula is C9H13ClO2. The van der Waals surface area contributed by atoms with Crippen LogP contribution < -0.4 is 0 Å². The fourth-order valence-electron chi connectivity index (χ4n) is 2.61. The van der Waals surface area contributed by atoms with Gasteiger partial charge in [0.25, 0.3) is 0 Å². The molecule has 3 aliphatic rings. The Kier molecular flexibility index (Phi) is 1.83. The Hall–Kier alpha value is -0.240. The molecule has 1 N–H and O–H groups in total. The lowest BCUT2D eigenvalue weighted by Crippen LogP contribution is -2.47. The van der Waals surface area contributed by atoms with Crippen molar-refractivity contribution in [3.05, 3.63) is 0 Å². The first-order valence-electron chi connectivity index (χ1n) is 4.53. The van der Waals surface area contributed by atoms with Crippen molar-refractivity contribution in [2.75, 3.05) is 0 Å². The van der Waals surface area contributed by atoms with E-state index in [9.17, 15) is 4.79 Å². The van der Waals surface area contributed by atoms with E-state index in [2.05, 4.69) is 0 Å². The van der Waals surface area contributed by atoms with Gasteiger partial charge >= 0.3 is 5.97 Å². The molecule has 3 rings (SSSR count). The minimum Gasteiger partial charge on any atom is -0.481 e. The number of aliphatic carboxylic acids is 1. The number of halogens is 1. The smallest absolute Gasteiger partial charge is 0.308 e. The maximum Gasteiger partial charge on any atom is 0.308 e. The molecule has 0 amide bonds.